The number of piperazine rings is 1. The molecule has 0 amide bonds. The van der Waals surface area contributed by atoms with Crippen molar-refractivity contribution in [2.45, 2.75) is 33.4 Å². The quantitative estimate of drug-likeness (QED) is 0.868. The van der Waals surface area contributed by atoms with Gasteiger partial charge in [-0.2, -0.15) is 0 Å². The number of halogens is 1. The Kier molecular flexibility index (Phi) is 4.03. The molecular formula is C15H23FN2. The average molecular weight is 250 g/mol. The monoisotopic (exact) mass is 250 g/mol. The van der Waals surface area contributed by atoms with Gasteiger partial charge >= 0.3 is 0 Å². The molecule has 0 spiro atoms. The zero-order valence-electron chi connectivity index (χ0n) is 11.5. The molecule has 0 radical (unpaired) electrons. The molecule has 1 aromatic carbocycles. The smallest absolute Gasteiger partial charge is 0.127 e. The van der Waals surface area contributed by atoms with Crippen LogP contribution in [-0.2, 0) is 6.54 Å². The van der Waals surface area contributed by atoms with Gasteiger partial charge in [0, 0.05) is 37.8 Å². The van der Waals surface area contributed by atoms with Crippen LogP contribution < -0.4 is 5.32 Å². The van der Waals surface area contributed by atoms with Crippen molar-refractivity contribution >= 4 is 0 Å². The van der Waals surface area contributed by atoms with E-state index < -0.39 is 0 Å². The van der Waals surface area contributed by atoms with Crippen molar-refractivity contribution in [1.29, 1.82) is 0 Å². The number of nitrogens with zero attached hydrogens (tertiary/aromatic N) is 1. The molecule has 18 heavy (non-hydrogen) atoms. The van der Waals surface area contributed by atoms with Crippen LogP contribution in [0.4, 0.5) is 4.39 Å². The van der Waals surface area contributed by atoms with E-state index in [0.717, 1.165) is 25.2 Å². The number of hydrogen-bond acceptors (Lipinski definition) is 2. The zero-order chi connectivity index (χ0) is 13.2. The second kappa shape index (κ2) is 5.37. The van der Waals surface area contributed by atoms with Gasteiger partial charge in [0.2, 0.25) is 0 Å². The SMILES string of the molecule is CC(C)(C)C1CNCCN1Cc1ccccc1F. The van der Waals surface area contributed by atoms with Gasteiger partial charge in [-0.3, -0.25) is 4.90 Å². The fourth-order valence-corrected chi connectivity index (χ4v) is 2.63. The first-order chi connectivity index (χ1) is 8.48. The molecule has 100 valence electrons. The van der Waals surface area contributed by atoms with Crippen molar-refractivity contribution in [2.75, 3.05) is 19.6 Å². The summed E-state index contributed by atoms with van der Waals surface area (Å²) in [5.41, 5.74) is 1.01. The summed E-state index contributed by atoms with van der Waals surface area (Å²) in [4.78, 5) is 2.40. The maximum Gasteiger partial charge on any atom is 0.127 e. The molecule has 1 unspecified atom stereocenters. The highest BCUT2D eigenvalue weighted by Crippen LogP contribution is 2.27. The van der Waals surface area contributed by atoms with Gasteiger partial charge in [-0.25, -0.2) is 4.39 Å². The van der Waals surface area contributed by atoms with Gasteiger partial charge in [-0.05, 0) is 11.5 Å². The van der Waals surface area contributed by atoms with Crippen molar-refractivity contribution in [3.63, 3.8) is 0 Å². The highest BCUT2D eigenvalue weighted by molar-refractivity contribution is 5.17. The first kappa shape index (κ1) is 13.5. The van der Waals surface area contributed by atoms with Gasteiger partial charge in [0.15, 0.2) is 0 Å². The van der Waals surface area contributed by atoms with Gasteiger partial charge in [-0.15, -0.1) is 0 Å². The molecule has 0 aliphatic carbocycles. The fraction of sp³-hybridized carbons (Fsp3) is 0.600. The molecule has 1 aliphatic rings. The molecule has 3 heteroatoms. The zero-order valence-corrected chi connectivity index (χ0v) is 11.5. The van der Waals surface area contributed by atoms with Crippen molar-refractivity contribution in [3.8, 4) is 0 Å². The minimum Gasteiger partial charge on any atom is -0.314 e. The van der Waals surface area contributed by atoms with E-state index in [0.29, 0.717) is 12.6 Å². The largest absolute Gasteiger partial charge is 0.314 e. The van der Waals surface area contributed by atoms with Crippen LogP contribution in [0, 0.1) is 11.2 Å². The van der Waals surface area contributed by atoms with Crippen LogP contribution in [0.2, 0.25) is 0 Å². The van der Waals surface area contributed by atoms with Crippen molar-refractivity contribution in [3.05, 3.63) is 35.6 Å². The lowest BCUT2D eigenvalue weighted by Gasteiger charge is -2.43. The summed E-state index contributed by atoms with van der Waals surface area (Å²) in [6, 6.07) is 7.54. The van der Waals surface area contributed by atoms with E-state index in [2.05, 4.69) is 31.0 Å². The number of rotatable bonds is 2. The normalized spacial score (nSPS) is 22.1. The van der Waals surface area contributed by atoms with Crippen molar-refractivity contribution in [2.24, 2.45) is 5.41 Å². The minimum atomic E-state index is -0.0938. The molecule has 1 aromatic rings. The lowest BCUT2D eigenvalue weighted by molar-refractivity contribution is 0.0680. The molecule has 1 aliphatic heterocycles. The summed E-state index contributed by atoms with van der Waals surface area (Å²) in [5, 5.41) is 3.44. The topological polar surface area (TPSA) is 15.3 Å². The molecule has 0 saturated carbocycles. The van der Waals surface area contributed by atoms with Crippen LogP contribution >= 0.6 is 0 Å². The van der Waals surface area contributed by atoms with E-state index in [1.165, 1.54) is 0 Å². The Balaban J connectivity index is 2.13. The Morgan fingerprint density at radius 3 is 2.72 bits per heavy atom. The fourth-order valence-electron chi connectivity index (χ4n) is 2.63. The summed E-state index contributed by atoms with van der Waals surface area (Å²) in [6.45, 7) is 10.4. The highest BCUT2D eigenvalue weighted by Gasteiger charge is 2.32. The third-order valence-corrected chi connectivity index (χ3v) is 3.69. The summed E-state index contributed by atoms with van der Waals surface area (Å²) in [5.74, 6) is -0.0938. The van der Waals surface area contributed by atoms with Gasteiger partial charge in [0.25, 0.3) is 0 Å². The summed E-state index contributed by atoms with van der Waals surface area (Å²) in [6.07, 6.45) is 0. The maximum absolute atomic E-state index is 13.7. The second-order valence-electron chi connectivity index (χ2n) is 6.15. The molecule has 1 heterocycles. The van der Waals surface area contributed by atoms with Crippen LogP contribution in [0.15, 0.2) is 24.3 Å². The Morgan fingerprint density at radius 2 is 2.06 bits per heavy atom. The summed E-state index contributed by atoms with van der Waals surface area (Å²) < 4.78 is 13.7. The van der Waals surface area contributed by atoms with E-state index in [1.54, 1.807) is 12.1 Å². The first-order valence-electron chi connectivity index (χ1n) is 6.66. The molecule has 1 saturated heterocycles. The second-order valence-corrected chi connectivity index (χ2v) is 6.15. The van der Waals surface area contributed by atoms with Crippen LogP contribution in [0.1, 0.15) is 26.3 Å². The lowest BCUT2D eigenvalue weighted by atomic mass is 9.84. The van der Waals surface area contributed by atoms with Gasteiger partial charge in [0.05, 0.1) is 0 Å². The summed E-state index contributed by atoms with van der Waals surface area (Å²) >= 11 is 0. The molecule has 2 rings (SSSR count). The van der Waals surface area contributed by atoms with E-state index in [4.69, 9.17) is 0 Å². The Labute approximate surface area is 109 Å². The van der Waals surface area contributed by atoms with Crippen molar-refractivity contribution in [1.82, 2.24) is 10.2 Å². The van der Waals surface area contributed by atoms with Crippen LogP contribution in [0.3, 0.4) is 0 Å². The maximum atomic E-state index is 13.7. The predicted molar refractivity (Wildman–Crippen MR) is 72.9 cm³/mol. The highest BCUT2D eigenvalue weighted by atomic mass is 19.1. The Morgan fingerprint density at radius 1 is 1.33 bits per heavy atom. The van der Waals surface area contributed by atoms with Gasteiger partial charge in [0.1, 0.15) is 5.82 Å². The summed E-state index contributed by atoms with van der Waals surface area (Å²) in [7, 11) is 0. The molecular weight excluding hydrogens is 227 g/mol. The van der Waals surface area contributed by atoms with Crippen LogP contribution in [-0.4, -0.2) is 30.6 Å². The predicted octanol–water partition coefficient (Wildman–Crippen LogP) is 2.65. The minimum absolute atomic E-state index is 0.0938. The van der Waals surface area contributed by atoms with Crippen LogP contribution in [0.25, 0.3) is 0 Å². The Bertz CT molecular complexity index is 398. The van der Waals surface area contributed by atoms with Gasteiger partial charge < -0.3 is 5.32 Å². The van der Waals surface area contributed by atoms with E-state index in [9.17, 15) is 4.39 Å². The van der Waals surface area contributed by atoms with E-state index in [1.807, 2.05) is 12.1 Å². The number of hydrogen-bond donors (Lipinski definition) is 1. The molecule has 0 bridgehead atoms. The van der Waals surface area contributed by atoms with Crippen LogP contribution in [0.5, 0.6) is 0 Å². The molecule has 1 atom stereocenters. The average Bonchev–Trinajstić information content (AvgIpc) is 2.31. The number of nitrogens with one attached hydrogen (secondary N) is 1. The lowest BCUT2D eigenvalue weighted by Crippen LogP contribution is -2.56. The molecule has 1 N–H and O–H groups in total. The Hall–Kier alpha value is -0.930. The molecule has 0 aromatic heterocycles. The third kappa shape index (κ3) is 3.09. The van der Waals surface area contributed by atoms with Gasteiger partial charge in [-0.1, -0.05) is 39.0 Å². The standard InChI is InChI=1S/C15H23FN2/c1-15(2,3)14-10-17-8-9-18(14)11-12-6-4-5-7-13(12)16/h4-7,14,17H,8-11H2,1-3H3. The first-order valence-corrected chi connectivity index (χ1v) is 6.66. The van der Waals surface area contributed by atoms with E-state index >= 15 is 0 Å². The van der Waals surface area contributed by atoms with E-state index in [-0.39, 0.29) is 11.2 Å². The third-order valence-electron chi connectivity index (χ3n) is 3.69. The number of benzene rings is 1. The molecule has 2 nitrogen and oxygen atoms in total. The van der Waals surface area contributed by atoms with Crippen molar-refractivity contribution < 1.29 is 4.39 Å². The molecule has 1 fully saturated rings.